The van der Waals surface area contributed by atoms with Gasteiger partial charge in [0.2, 0.25) is 0 Å². The van der Waals surface area contributed by atoms with E-state index >= 15 is 0 Å². The Bertz CT molecular complexity index is 600. The molecular weight excluding hydrogens is 284 g/mol. The average molecular weight is 290 g/mol. The summed E-state index contributed by atoms with van der Waals surface area (Å²) >= 11 is 0. The van der Waals surface area contributed by atoms with Crippen LogP contribution in [0.2, 0.25) is 0 Å². The molecule has 0 N–H and O–H groups in total. The zero-order chi connectivity index (χ0) is 15.0. The lowest BCUT2D eigenvalue weighted by Crippen LogP contribution is -2.17. The Hall–Kier alpha value is -2.05. The lowest BCUT2D eigenvalue weighted by Gasteiger charge is -2.18. The van der Waals surface area contributed by atoms with Crippen LogP contribution >= 0.6 is 0 Å². The highest BCUT2D eigenvalue weighted by Crippen LogP contribution is 2.44. The van der Waals surface area contributed by atoms with Gasteiger partial charge in [-0.15, -0.1) is 0 Å². The molecule has 1 aromatic carbocycles. The van der Waals surface area contributed by atoms with Crippen LogP contribution in [0.25, 0.3) is 11.3 Å². The third-order valence-electron chi connectivity index (χ3n) is 2.53. The van der Waals surface area contributed by atoms with Crippen molar-refractivity contribution in [3.8, 4) is 11.3 Å². The number of aromatic nitrogens is 1. The van der Waals surface area contributed by atoms with E-state index in [2.05, 4.69) is 11.1 Å². The molecule has 0 saturated carbocycles. The lowest BCUT2D eigenvalue weighted by atomic mass is 9.97. The van der Waals surface area contributed by atoms with Crippen LogP contribution in [0.1, 0.15) is 11.1 Å². The van der Waals surface area contributed by atoms with Gasteiger partial charge in [-0.2, -0.15) is 26.3 Å². The number of benzene rings is 1. The molecule has 2 rings (SSSR count). The van der Waals surface area contributed by atoms with Crippen LogP contribution in [-0.4, -0.2) is 4.98 Å². The van der Waals surface area contributed by atoms with E-state index in [1.807, 2.05) is 0 Å². The summed E-state index contributed by atoms with van der Waals surface area (Å²) in [7, 11) is 0. The normalized spacial score (nSPS) is 12.5. The first-order valence-corrected chi connectivity index (χ1v) is 5.31. The number of rotatable bonds is 1. The average Bonchev–Trinajstić information content (AvgIpc) is 2.37. The summed E-state index contributed by atoms with van der Waals surface area (Å²) in [5.74, 6) is 0. The van der Waals surface area contributed by atoms with Crippen LogP contribution in [0.5, 0.6) is 0 Å². The Balaban J connectivity index is 2.77. The van der Waals surface area contributed by atoms with Gasteiger partial charge in [0.15, 0.2) is 0 Å². The number of hydrogen-bond acceptors (Lipinski definition) is 1. The summed E-state index contributed by atoms with van der Waals surface area (Å²) in [5, 5.41) is 0. The highest BCUT2D eigenvalue weighted by Gasteiger charge is 2.44. The molecule has 7 heteroatoms. The van der Waals surface area contributed by atoms with Crippen molar-refractivity contribution in [2.75, 3.05) is 0 Å². The second-order valence-electron chi connectivity index (χ2n) is 3.86. The molecule has 1 radical (unpaired) electrons. The molecule has 0 bridgehead atoms. The summed E-state index contributed by atoms with van der Waals surface area (Å²) in [6.07, 6.45) is -9.08. The third kappa shape index (κ3) is 2.76. The summed E-state index contributed by atoms with van der Waals surface area (Å²) in [5.41, 5.74) is -4.30. The fourth-order valence-electron chi connectivity index (χ4n) is 1.78. The van der Waals surface area contributed by atoms with E-state index in [4.69, 9.17) is 0 Å². The van der Waals surface area contributed by atoms with E-state index in [-0.39, 0.29) is 5.69 Å². The van der Waals surface area contributed by atoms with Gasteiger partial charge in [-0.3, -0.25) is 4.98 Å². The molecular formula is C13H6F6N. The molecule has 0 unspecified atom stereocenters. The van der Waals surface area contributed by atoms with Gasteiger partial charge >= 0.3 is 12.4 Å². The molecule has 20 heavy (non-hydrogen) atoms. The first kappa shape index (κ1) is 14.4. The summed E-state index contributed by atoms with van der Waals surface area (Å²) in [6, 6.07) is 7.20. The van der Waals surface area contributed by atoms with Crippen molar-refractivity contribution < 1.29 is 26.3 Å². The van der Waals surface area contributed by atoms with Gasteiger partial charge in [-0.25, -0.2) is 0 Å². The molecule has 1 aromatic heterocycles. The van der Waals surface area contributed by atoms with Crippen molar-refractivity contribution in [3.63, 3.8) is 0 Å². The second kappa shape index (κ2) is 4.81. The minimum absolute atomic E-state index is 0.217. The molecule has 0 spiro atoms. The maximum Gasteiger partial charge on any atom is 0.417 e. The van der Waals surface area contributed by atoms with Gasteiger partial charge in [0.1, 0.15) is 0 Å². The zero-order valence-electron chi connectivity index (χ0n) is 9.68. The molecule has 0 fully saturated rings. The SMILES string of the molecule is FC(F)(F)c1cccc(-c2c[c]ccn2)c1C(F)(F)F. The number of pyridine rings is 1. The smallest absolute Gasteiger partial charge is 0.256 e. The molecule has 0 aliphatic carbocycles. The lowest BCUT2D eigenvalue weighted by molar-refractivity contribution is -0.161. The molecule has 1 heterocycles. The van der Waals surface area contributed by atoms with Crippen molar-refractivity contribution in [1.82, 2.24) is 4.98 Å². The van der Waals surface area contributed by atoms with Crippen molar-refractivity contribution in [1.29, 1.82) is 0 Å². The Morgan fingerprint density at radius 1 is 0.950 bits per heavy atom. The predicted octanol–water partition coefficient (Wildman–Crippen LogP) is 4.59. The molecule has 0 saturated heterocycles. The van der Waals surface area contributed by atoms with Crippen molar-refractivity contribution in [2.45, 2.75) is 12.4 Å². The van der Waals surface area contributed by atoms with Crippen molar-refractivity contribution in [3.05, 3.63) is 53.7 Å². The van der Waals surface area contributed by atoms with Gasteiger partial charge in [-0.1, -0.05) is 12.1 Å². The minimum Gasteiger partial charge on any atom is -0.256 e. The van der Waals surface area contributed by atoms with Crippen LogP contribution in [0, 0.1) is 6.07 Å². The van der Waals surface area contributed by atoms with Gasteiger partial charge in [0.05, 0.1) is 16.8 Å². The highest BCUT2D eigenvalue weighted by molar-refractivity contribution is 5.66. The molecule has 1 nitrogen and oxygen atoms in total. The zero-order valence-corrected chi connectivity index (χ0v) is 9.68. The quantitative estimate of drug-likeness (QED) is 0.700. The van der Waals surface area contributed by atoms with E-state index in [0.717, 1.165) is 24.4 Å². The molecule has 0 amide bonds. The minimum atomic E-state index is -5.14. The van der Waals surface area contributed by atoms with E-state index in [0.29, 0.717) is 6.07 Å². The van der Waals surface area contributed by atoms with Crippen LogP contribution in [-0.2, 0) is 12.4 Å². The first-order valence-electron chi connectivity index (χ1n) is 5.31. The fourth-order valence-corrected chi connectivity index (χ4v) is 1.78. The Morgan fingerprint density at radius 2 is 1.65 bits per heavy atom. The third-order valence-corrected chi connectivity index (χ3v) is 2.53. The molecule has 0 aliphatic heterocycles. The summed E-state index contributed by atoms with van der Waals surface area (Å²) < 4.78 is 77.2. The molecule has 2 aromatic rings. The fraction of sp³-hybridized carbons (Fsp3) is 0.154. The monoisotopic (exact) mass is 290 g/mol. The number of halogens is 6. The van der Waals surface area contributed by atoms with Gasteiger partial charge < -0.3 is 0 Å². The first-order chi connectivity index (χ1) is 9.21. The topological polar surface area (TPSA) is 12.9 Å². The van der Waals surface area contributed by atoms with Gasteiger partial charge in [0.25, 0.3) is 0 Å². The van der Waals surface area contributed by atoms with Crippen LogP contribution in [0.4, 0.5) is 26.3 Å². The Kier molecular flexibility index (Phi) is 3.45. The Morgan fingerprint density at radius 3 is 2.15 bits per heavy atom. The van der Waals surface area contributed by atoms with E-state index in [1.165, 1.54) is 6.07 Å². The van der Waals surface area contributed by atoms with Crippen LogP contribution in [0.15, 0.2) is 36.5 Å². The maximum atomic E-state index is 13.0. The van der Waals surface area contributed by atoms with E-state index in [9.17, 15) is 26.3 Å². The van der Waals surface area contributed by atoms with Crippen LogP contribution in [0.3, 0.4) is 0 Å². The summed E-state index contributed by atoms with van der Waals surface area (Å²) in [6.45, 7) is 0. The Labute approximate surface area is 109 Å². The molecule has 0 aliphatic rings. The van der Waals surface area contributed by atoms with Gasteiger partial charge in [-0.05, 0) is 24.3 Å². The number of hydrogen-bond donors (Lipinski definition) is 0. The molecule has 105 valence electrons. The van der Waals surface area contributed by atoms with Crippen LogP contribution < -0.4 is 0 Å². The second-order valence-corrected chi connectivity index (χ2v) is 3.86. The summed E-state index contributed by atoms with van der Waals surface area (Å²) in [4.78, 5) is 3.65. The standard InChI is InChI=1S/C13H6F6N/c14-12(15,16)9-5-3-4-8(11(9)13(17,18)19)10-6-1-2-7-20-10/h2-7H. The number of alkyl halides is 6. The highest BCUT2D eigenvalue weighted by atomic mass is 19.4. The number of nitrogens with zero attached hydrogens (tertiary/aromatic N) is 1. The predicted molar refractivity (Wildman–Crippen MR) is 58.5 cm³/mol. The van der Waals surface area contributed by atoms with E-state index in [1.54, 1.807) is 0 Å². The molecule has 0 atom stereocenters. The van der Waals surface area contributed by atoms with Crippen molar-refractivity contribution in [2.24, 2.45) is 0 Å². The van der Waals surface area contributed by atoms with Crippen molar-refractivity contribution >= 4 is 0 Å². The van der Waals surface area contributed by atoms with Gasteiger partial charge in [0, 0.05) is 11.8 Å². The largest absolute Gasteiger partial charge is 0.417 e. The maximum absolute atomic E-state index is 13.0. The van der Waals surface area contributed by atoms with E-state index < -0.39 is 29.0 Å².